The molecule has 0 bridgehead atoms. The molecule has 1 saturated heterocycles. The van der Waals surface area contributed by atoms with E-state index in [2.05, 4.69) is 4.72 Å². The monoisotopic (exact) mass is 372 g/mol. The van der Waals surface area contributed by atoms with E-state index < -0.39 is 10.0 Å². The molecule has 0 aromatic heterocycles. The molecule has 138 valence electrons. The summed E-state index contributed by atoms with van der Waals surface area (Å²) < 4.78 is 28.2. The van der Waals surface area contributed by atoms with Crippen LogP contribution in [0.5, 0.6) is 0 Å². The molecule has 0 saturated carbocycles. The van der Waals surface area contributed by atoms with Gasteiger partial charge in [0.05, 0.1) is 4.90 Å². The first kappa shape index (κ1) is 18.6. The van der Waals surface area contributed by atoms with Gasteiger partial charge in [-0.15, -0.1) is 0 Å². The highest BCUT2D eigenvalue weighted by atomic mass is 32.2. The Hall–Kier alpha value is -2.18. The van der Waals surface area contributed by atoms with Gasteiger partial charge in [-0.05, 0) is 49.9 Å². The predicted octanol–water partition coefficient (Wildman–Crippen LogP) is 2.94. The van der Waals surface area contributed by atoms with Gasteiger partial charge >= 0.3 is 0 Å². The van der Waals surface area contributed by atoms with E-state index >= 15 is 0 Å². The van der Waals surface area contributed by atoms with Crippen molar-refractivity contribution in [3.8, 4) is 0 Å². The quantitative estimate of drug-likeness (QED) is 0.877. The Morgan fingerprint density at radius 2 is 1.69 bits per heavy atom. The van der Waals surface area contributed by atoms with Gasteiger partial charge < -0.3 is 4.90 Å². The molecule has 26 heavy (non-hydrogen) atoms. The number of carbonyl (C=O) groups is 1. The molecule has 2 aromatic rings. The van der Waals surface area contributed by atoms with Crippen molar-refractivity contribution in [2.24, 2.45) is 5.92 Å². The minimum absolute atomic E-state index is 0.0306. The summed E-state index contributed by atoms with van der Waals surface area (Å²) in [5, 5.41) is 0. The molecule has 2 aromatic carbocycles. The molecule has 0 aliphatic carbocycles. The van der Waals surface area contributed by atoms with Gasteiger partial charge in [-0.2, -0.15) is 0 Å². The molecule has 1 atom stereocenters. The van der Waals surface area contributed by atoms with Crippen LogP contribution in [-0.4, -0.2) is 27.4 Å². The van der Waals surface area contributed by atoms with Crippen LogP contribution in [0, 0.1) is 26.7 Å². The fraction of sp³-hybridized carbons (Fsp3) is 0.350. The van der Waals surface area contributed by atoms with Crippen LogP contribution in [0.15, 0.2) is 47.4 Å². The van der Waals surface area contributed by atoms with Crippen molar-refractivity contribution in [3.63, 3.8) is 0 Å². The van der Waals surface area contributed by atoms with Crippen LogP contribution >= 0.6 is 0 Å². The number of benzene rings is 2. The highest BCUT2D eigenvalue weighted by Gasteiger charge is 2.31. The fourth-order valence-corrected chi connectivity index (χ4v) is 5.23. The van der Waals surface area contributed by atoms with Crippen molar-refractivity contribution >= 4 is 21.6 Å². The van der Waals surface area contributed by atoms with Crippen molar-refractivity contribution in [1.29, 1.82) is 0 Å². The summed E-state index contributed by atoms with van der Waals surface area (Å²) in [6.07, 6.45) is 0.350. The molecule has 1 N–H and O–H groups in total. The lowest BCUT2D eigenvalue weighted by Crippen LogP contribution is -2.32. The Morgan fingerprint density at radius 3 is 2.31 bits per heavy atom. The summed E-state index contributed by atoms with van der Waals surface area (Å²) >= 11 is 0. The lowest BCUT2D eigenvalue weighted by molar-refractivity contribution is -0.117. The number of rotatable bonds is 5. The van der Waals surface area contributed by atoms with Crippen LogP contribution in [0.4, 0.5) is 5.69 Å². The number of anilines is 1. The summed E-state index contributed by atoms with van der Waals surface area (Å²) in [6.45, 7) is 6.35. The van der Waals surface area contributed by atoms with Crippen LogP contribution in [0.25, 0.3) is 0 Å². The number of carbonyl (C=O) groups excluding carboxylic acids is 1. The van der Waals surface area contributed by atoms with E-state index in [9.17, 15) is 13.2 Å². The Morgan fingerprint density at radius 1 is 1.08 bits per heavy atom. The highest BCUT2D eigenvalue weighted by molar-refractivity contribution is 7.89. The lowest BCUT2D eigenvalue weighted by atomic mass is 10.1. The summed E-state index contributed by atoms with van der Waals surface area (Å²) in [6, 6.07) is 13.2. The first-order chi connectivity index (χ1) is 12.3. The van der Waals surface area contributed by atoms with Crippen LogP contribution in [0.1, 0.15) is 23.1 Å². The molecule has 1 amide bonds. The third-order valence-electron chi connectivity index (χ3n) is 4.71. The Kier molecular flexibility index (Phi) is 5.16. The maximum atomic E-state index is 12.8. The number of nitrogens with one attached hydrogen (secondary N) is 1. The third-order valence-corrected chi connectivity index (χ3v) is 6.44. The Bertz CT molecular complexity index is 900. The number of amides is 1. The van der Waals surface area contributed by atoms with E-state index in [1.165, 1.54) is 0 Å². The van der Waals surface area contributed by atoms with Crippen LogP contribution in [-0.2, 0) is 14.8 Å². The van der Waals surface area contributed by atoms with Gasteiger partial charge in [0.15, 0.2) is 0 Å². The average Bonchev–Trinajstić information content (AvgIpc) is 2.93. The van der Waals surface area contributed by atoms with E-state index in [-0.39, 0.29) is 18.4 Å². The zero-order valence-corrected chi connectivity index (χ0v) is 16.1. The molecule has 5 nitrogen and oxygen atoms in total. The minimum atomic E-state index is -3.61. The molecule has 1 aliphatic rings. The topological polar surface area (TPSA) is 66.5 Å². The van der Waals surface area contributed by atoms with Crippen LogP contribution < -0.4 is 9.62 Å². The van der Waals surface area contributed by atoms with Crippen molar-refractivity contribution in [1.82, 2.24) is 4.72 Å². The van der Waals surface area contributed by atoms with Gasteiger partial charge in [0.2, 0.25) is 15.9 Å². The highest BCUT2D eigenvalue weighted by Crippen LogP contribution is 2.26. The van der Waals surface area contributed by atoms with E-state index in [0.717, 1.165) is 22.4 Å². The van der Waals surface area contributed by atoms with Crippen molar-refractivity contribution in [3.05, 3.63) is 59.2 Å². The summed E-state index contributed by atoms with van der Waals surface area (Å²) in [5.41, 5.74) is 3.37. The first-order valence-corrected chi connectivity index (χ1v) is 10.2. The van der Waals surface area contributed by atoms with Crippen LogP contribution in [0.3, 0.4) is 0 Å². The standard InChI is InChI=1S/C20H24N2O3S/c1-14-9-15(2)20(16(3)10-14)26(24,25)21-12-17-11-19(23)22(13-17)18-7-5-4-6-8-18/h4-10,17,21H,11-13H2,1-3H3. The molecule has 6 heteroatoms. The molecular weight excluding hydrogens is 348 g/mol. The zero-order chi connectivity index (χ0) is 18.9. The third kappa shape index (κ3) is 3.81. The number of hydrogen-bond donors (Lipinski definition) is 1. The molecule has 3 rings (SSSR count). The van der Waals surface area contributed by atoms with Crippen LogP contribution in [0.2, 0.25) is 0 Å². The second-order valence-corrected chi connectivity index (χ2v) is 8.69. The van der Waals surface area contributed by atoms with Gasteiger partial charge in [0.1, 0.15) is 0 Å². The van der Waals surface area contributed by atoms with Crippen molar-refractivity contribution in [2.75, 3.05) is 18.0 Å². The van der Waals surface area contributed by atoms with Gasteiger partial charge in [-0.1, -0.05) is 35.9 Å². The predicted molar refractivity (Wildman–Crippen MR) is 103 cm³/mol. The summed E-state index contributed by atoms with van der Waals surface area (Å²) in [7, 11) is -3.61. The molecule has 0 spiro atoms. The smallest absolute Gasteiger partial charge is 0.241 e. The molecule has 0 radical (unpaired) electrons. The molecule has 1 heterocycles. The second kappa shape index (κ2) is 7.21. The fourth-order valence-electron chi connectivity index (χ4n) is 3.67. The SMILES string of the molecule is Cc1cc(C)c(S(=O)(=O)NCC2CC(=O)N(c3ccccc3)C2)c(C)c1. The largest absolute Gasteiger partial charge is 0.312 e. The molecule has 1 aliphatic heterocycles. The summed E-state index contributed by atoms with van der Waals surface area (Å²) in [5.74, 6) is -0.00774. The minimum Gasteiger partial charge on any atom is -0.312 e. The number of nitrogens with zero attached hydrogens (tertiary/aromatic N) is 1. The van der Waals surface area contributed by atoms with Crippen molar-refractivity contribution < 1.29 is 13.2 Å². The van der Waals surface area contributed by atoms with Gasteiger partial charge in [-0.25, -0.2) is 13.1 Å². The number of sulfonamides is 1. The maximum absolute atomic E-state index is 12.8. The Labute approximate surface area is 155 Å². The average molecular weight is 372 g/mol. The van der Waals surface area contributed by atoms with Crippen molar-refractivity contribution in [2.45, 2.75) is 32.1 Å². The zero-order valence-electron chi connectivity index (χ0n) is 15.3. The number of aryl methyl sites for hydroxylation is 3. The lowest BCUT2D eigenvalue weighted by Gasteiger charge is -2.17. The number of para-hydroxylation sites is 1. The normalized spacial score (nSPS) is 17.7. The van der Waals surface area contributed by atoms with E-state index in [1.807, 2.05) is 63.2 Å². The number of hydrogen-bond acceptors (Lipinski definition) is 3. The van der Waals surface area contributed by atoms with Gasteiger partial charge in [0, 0.05) is 25.2 Å². The molecule has 1 unspecified atom stereocenters. The van der Waals surface area contributed by atoms with Gasteiger partial charge in [0.25, 0.3) is 0 Å². The first-order valence-electron chi connectivity index (χ1n) is 8.71. The second-order valence-electron chi connectivity index (χ2n) is 6.99. The molecule has 1 fully saturated rings. The van der Waals surface area contributed by atoms with Gasteiger partial charge in [-0.3, -0.25) is 4.79 Å². The van der Waals surface area contributed by atoms with E-state index in [0.29, 0.717) is 17.9 Å². The van der Waals surface area contributed by atoms with E-state index in [4.69, 9.17) is 0 Å². The maximum Gasteiger partial charge on any atom is 0.241 e. The summed E-state index contributed by atoms with van der Waals surface area (Å²) in [4.78, 5) is 14.3. The Balaban J connectivity index is 1.71. The molecular formula is C20H24N2O3S. The van der Waals surface area contributed by atoms with E-state index in [1.54, 1.807) is 4.90 Å².